The standard InChI is InChI=1S/C16H26N4O2/c1-20(2)16(22)11-3-5-13(6-4-11)19-10-15(21)12-7-14(8-17)18-9-12/h11-14,18-19H,3-7,9-10H2,1-2H3/t11-,12?,13-,14-/m0/s1. The first-order valence-electron chi connectivity index (χ1n) is 8.11. The summed E-state index contributed by atoms with van der Waals surface area (Å²) >= 11 is 0. The SMILES string of the molecule is CN(C)C(=O)[C@H]1CC[C@H](NCC(=O)C2CN[C@H](C#N)C2)CC1. The van der Waals surface area contributed by atoms with Crippen LogP contribution in [0.2, 0.25) is 0 Å². The van der Waals surface area contributed by atoms with E-state index in [9.17, 15) is 9.59 Å². The maximum Gasteiger partial charge on any atom is 0.225 e. The lowest BCUT2D eigenvalue weighted by Gasteiger charge is -2.30. The van der Waals surface area contributed by atoms with Crippen LogP contribution < -0.4 is 10.6 Å². The molecule has 1 heterocycles. The summed E-state index contributed by atoms with van der Waals surface area (Å²) in [6.45, 7) is 0.990. The molecule has 22 heavy (non-hydrogen) atoms. The quantitative estimate of drug-likeness (QED) is 0.763. The summed E-state index contributed by atoms with van der Waals surface area (Å²) in [5.74, 6) is 0.508. The van der Waals surface area contributed by atoms with Gasteiger partial charge in [-0.05, 0) is 32.1 Å². The van der Waals surface area contributed by atoms with Gasteiger partial charge in [-0.3, -0.25) is 9.59 Å². The molecule has 2 fully saturated rings. The topological polar surface area (TPSA) is 85.2 Å². The second-order valence-corrected chi connectivity index (χ2v) is 6.65. The third kappa shape index (κ3) is 4.28. The van der Waals surface area contributed by atoms with Crippen molar-refractivity contribution in [2.45, 2.75) is 44.2 Å². The first-order chi connectivity index (χ1) is 10.5. The molecule has 1 saturated heterocycles. The van der Waals surface area contributed by atoms with E-state index in [1.54, 1.807) is 19.0 Å². The highest BCUT2D eigenvalue weighted by Gasteiger charge is 2.30. The van der Waals surface area contributed by atoms with E-state index < -0.39 is 0 Å². The molecule has 2 atom stereocenters. The zero-order valence-electron chi connectivity index (χ0n) is 13.5. The van der Waals surface area contributed by atoms with Crippen LogP contribution in [-0.4, -0.2) is 55.9 Å². The van der Waals surface area contributed by atoms with Crippen molar-refractivity contribution in [1.82, 2.24) is 15.5 Å². The van der Waals surface area contributed by atoms with Crippen LogP contribution in [0.25, 0.3) is 0 Å². The molecule has 1 saturated carbocycles. The third-order valence-corrected chi connectivity index (χ3v) is 4.82. The molecule has 0 aromatic rings. The van der Waals surface area contributed by atoms with Crippen LogP contribution in [0.15, 0.2) is 0 Å². The maximum atomic E-state index is 12.1. The van der Waals surface area contributed by atoms with Crippen molar-refractivity contribution >= 4 is 11.7 Å². The fraction of sp³-hybridized carbons (Fsp3) is 0.812. The van der Waals surface area contributed by atoms with Crippen LogP contribution in [0, 0.1) is 23.2 Å². The van der Waals surface area contributed by atoms with Gasteiger partial charge in [-0.2, -0.15) is 5.26 Å². The van der Waals surface area contributed by atoms with Gasteiger partial charge in [0.1, 0.15) is 0 Å². The van der Waals surface area contributed by atoms with Crippen molar-refractivity contribution in [2.24, 2.45) is 11.8 Å². The Morgan fingerprint density at radius 3 is 2.45 bits per heavy atom. The highest BCUT2D eigenvalue weighted by atomic mass is 16.2. The number of hydrogen-bond donors (Lipinski definition) is 2. The molecular formula is C16H26N4O2. The Labute approximate surface area is 132 Å². The van der Waals surface area contributed by atoms with Gasteiger partial charge in [0.25, 0.3) is 0 Å². The molecule has 1 aliphatic carbocycles. The first kappa shape index (κ1) is 16.9. The minimum atomic E-state index is -0.179. The number of hydrogen-bond acceptors (Lipinski definition) is 5. The summed E-state index contributed by atoms with van der Waals surface area (Å²) < 4.78 is 0. The van der Waals surface area contributed by atoms with Crippen molar-refractivity contribution in [3.63, 3.8) is 0 Å². The minimum Gasteiger partial charge on any atom is -0.349 e. The Kier molecular flexibility index (Phi) is 5.92. The fourth-order valence-corrected chi connectivity index (χ4v) is 3.38. The van der Waals surface area contributed by atoms with Gasteiger partial charge in [0.15, 0.2) is 5.78 Å². The summed E-state index contributed by atoms with van der Waals surface area (Å²) in [4.78, 5) is 25.7. The molecule has 122 valence electrons. The number of carbonyl (C=O) groups is 2. The molecule has 0 aromatic heterocycles. The largest absolute Gasteiger partial charge is 0.349 e. The zero-order chi connectivity index (χ0) is 16.1. The van der Waals surface area contributed by atoms with E-state index >= 15 is 0 Å². The van der Waals surface area contributed by atoms with Crippen molar-refractivity contribution in [2.75, 3.05) is 27.2 Å². The molecule has 0 radical (unpaired) electrons. The summed E-state index contributed by atoms with van der Waals surface area (Å²) in [6, 6.07) is 2.31. The molecule has 2 rings (SSSR count). The molecule has 0 bridgehead atoms. The van der Waals surface area contributed by atoms with Gasteiger partial charge in [-0.25, -0.2) is 0 Å². The fourth-order valence-electron chi connectivity index (χ4n) is 3.38. The lowest BCUT2D eigenvalue weighted by Crippen LogP contribution is -2.41. The number of Topliss-reactive ketones (excluding diaryl/α,β-unsaturated/α-hetero) is 1. The van der Waals surface area contributed by atoms with E-state index in [0.29, 0.717) is 25.6 Å². The number of rotatable bonds is 5. The van der Waals surface area contributed by atoms with E-state index in [2.05, 4.69) is 16.7 Å². The van der Waals surface area contributed by atoms with Gasteiger partial charge in [0, 0.05) is 38.5 Å². The van der Waals surface area contributed by atoms with Gasteiger partial charge in [0.05, 0.1) is 18.7 Å². The van der Waals surface area contributed by atoms with Gasteiger partial charge >= 0.3 is 0 Å². The molecular weight excluding hydrogens is 280 g/mol. The molecule has 2 aliphatic rings. The van der Waals surface area contributed by atoms with Gasteiger partial charge in [-0.1, -0.05) is 0 Å². The Morgan fingerprint density at radius 2 is 1.91 bits per heavy atom. The smallest absolute Gasteiger partial charge is 0.225 e. The number of nitrogens with one attached hydrogen (secondary N) is 2. The predicted octanol–water partition coefficient (Wildman–Crippen LogP) is 0.294. The second kappa shape index (κ2) is 7.70. The monoisotopic (exact) mass is 306 g/mol. The summed E-state index contributed by atoms with van der Waals surface area (Å²) in [5.41, 5.74) is 0. The second-order valence-electron chi connectivity index (χ2n) is 6.65. The summed E-state index contributed by atoms with van der Waals surface area (Å²) in [5, 5.41) is 15.2. The van der Waals surface area contributed by atoms with Gasteiger partial charge < -0.3 is 15.5 Å². The maximum absolute atomic E-state index is 12.1. The normalized spacial score (nSPS) is 31.5. The van der Waals surface area contributed by atoms with Gasteiger partial charge in [0.2, 0.25) is 5.91 Å². The van der Waals surface area contributed by atoms with Crippen LogP contribution >= 0.6 is 0 Å². The van der Waals surface area contributed by atoms with Crippen molar-refractivity contribution in [3.8, 4) is 6.07 Å². The Hall–Kier alpha value is -1.45. The number of nitriles is 1. The van der Waals surface area contributed by atoms with Crippen molar-refractivity contribution in [1.29, 1.82) is 5.26 Å². The van der Waals surface area contributed by atoms with Crippen LogP contribution in [0.5, 0.6) is 0 Å². The average molecular weight is 306 g/mol. The zero-order valence-corrected chi connectivity index (χ0v) is 13.5. The first-order valence-corrected chi connectivity index (χ1v) is 8.11. The number of nitrogens with zero attached hydrogens (tertiary/aromatic N) is 2. The number of amides is 1. The number of carbonyl (C=O) groups excluding carboxylic acids is 2. The highest BCUT2D eigenvalue weighted by Crippen LogP contribution is 2.25. The van der Waals surface area contributed by atoms with Gasteiger partial charge in [-0.15, -0.1) is 0 Å². The van der Waals surface area contributed by atoms with Crippen LogP contribution in [0.1, 0.15) is 32.1 Å². The van der Waals surface area contributed by atoms with Crippen molar-refractivity contribution < 1.29 is 9.59 Å². The summed E-state index contributed by atoms with van der Waals surface area (Å²) in [7, 11) is 3.60. The molecule has 0 aromatic carbocycles. The number of ketones is 1. The van der Waals surface area contributed by atoms with E-state index in [0.717, 1.165) is 25.7 Å². The van der Waals surface area contributed by atoms with Crippen LogP contribution in [0.3, 0.4) is 0 Å². The lowest BCUT2D eigenvalue weighted by atomic mass is 9.85. The van der Waals surface area contributed by atoms with E-state index in [1.807, 2.05) is 0 Å². The van der Waals surface area contributed by atoms with E-state index in [4.69, 9.17) is 5.26 Å². The highest BCUT2D eigenvalue weighted by molar-refractivity contribution is 5.83. The van der Waals surface area contributed by atoms with Crippen LogP contribution in [0.4, 0.5) is 0 Å². The molecule has 1 aliphatic heterocycles. The molecule has 1 amide bonds. The minimum absolute atomic E-state index is 0.0381. The Morgan fingerprint density at radius 1 is 1.23 bits per heavy atom. The molecule has 2 N–H and O–H groups in total. The lowest BCUT2D eigenvalue weighted by molar-refractivity contribution is -0.134. The Bertz CT molecular complexity index is 450. The average Bonchev–Trinajstić information content (AvgIpc) is 3.01. The molecule has 0 spiro atoms. The Balaban J connectivity index is 1.68. The van der Waals surface area contributed by atoms with E-state index in [1.165, 1.54) is 0 Å². The van der Waals surface area contributed by atoms with E-state index in [-0.39, 0.29) is 29.6 Å². The predicted molar refractivity (Wildman–Crippen MR) is 83.0 cm³/mol. The molecule has 6 nitrogen and oxygen atoms in total. The summed E-state index contributed by atoms with van der Waals surface area (Å²) in [6.07, 6.45) is 4.30. The van der Waals surface area contributed by atoms with Crippen molar-refractivity contribution in [3.05, 3.63) is 0 Å². The van der Waals surface area contributed by atoms with Crippen LogP contribution in [-0.2, 0) is 9.59 Å². The third-order valence-electron chi connectivity index (χ3n) is 4.82. The molecule has 1 unspecified atom stereocenters. The molecule has 6 heteroatoms.